The first-order valence-corrected chi connectivity index (χ1v) is 10.7. The van der Waals surface area contributed by atoms with Crippen molar-refractivity contribution in [3.05, 3.63) is 29.1 Å². The van der Waals surface area contributed by atoms with Crippen molar-refractivity contribution in [2.24, 2.45) is 0 Å². The summed E-state index contributed by atoms with van der Waals surface area (Å²) >= 11 is 0. The molecule has 3 aliphatic rings. The zero-order valence-corrected chi connectivity index (χ0v) is 17.4. The van der Waals surface area contributed by atoms with Crippen LogP contribution in [0.15, 0.2) is 12.3 Å². The third-order valence-corrected chi connectivity index (χ3v) is 5.92. The number of carbonyl (C=O) groups excluding carboxylic acids is 1. The summed E-state index contributed by atoms with van der Waals surface area (Å²) in [5, 5.41) is 14.9. The van der Waals surface area contributed by atoms with Gasteiger partial charge >= 0.3 is 12.1 Å². The maximum Gasteiger partial charge on any atom is 0.490 e. The molecular formula is C21H24F3N5O3. The van der Waals surface area contributed by atoms with Crippen LogP contribution in [-0.4, -0.2) is 57.6 Å². The Balaban J connectivity index is 0.000000307. The van der Waals surface area contributed by atoms with Crippen molar-refractivity contribution in [3.8, 4) is 11.3 Å². The summed E-state index contributed by atoms with van der Waals surface area (Å²) in [5.74, 6) is -1.68. The molecule has 0 aromatic carbocycles. The number of amides is 1. The molecule has 172 valence electrons. The number of aryl methyl sites for hydroxylation is 1. The second kappa shape index (κ2) is 8.79. The Bertz CT molecular complexity index is 1030. The number of hydrogen-bond donors (Lipinski definition) is 2. The minimum atomic E-state index is -5.08. The number of carboxylic acids is 1. The number of carbonyl (C=O) groups is 2. The summed E-state index contributed by atoms with van der Waals surface area (Å²) in [6.45, 7) is 3.59. The van der Waals surface area contributed by atoms with Crippen molar-refractivity contribution >= 4 is 17.7 Å². The lowest BCUT2D eigenvalue weighted by Gasteiger charge is -2.24. The van der Waals surface area contributed by atoms with E-state index in [9.17, 15) is 18.0 Å². The van der Waals surface area contributed by atoms with Crippen LogP contribution in [0, 0.1) is 0 Å². The fourth-order valence-corrected chi connectivity index (χ4v) is 4.35. The Hall–Kier alpha value is -3.11. The standard InChI is InChI=1S/C19H23N5O.C2HF3O2/c25-19-18-14-6-5-13-12-21-16(23-8-3-1-2-4-9-23)11-15(13)17(14)22-24(18)10-7-20-19;3-2(4,5)1(6)7/h11-12H,1-10H2,(H,20,25);(H,6,7). The fourth-order valence-electron chi connectivity index (χ4n) is 4.35. The van der Waals surface area contributed by atoms with Crippen molar-refractivity contribution < 1.29 is 27.9 Å². The van der Waals surface area contributed by atoms with Gasteiger partial charge in [-0.15, -0.1) is 0 Å². The molecule has 4 heterocycles. The molecule has 0 bridgehead atoms. The van der Waals surface area contributed by atoms with Crippen LogP contribution in [0.1, 0.15) is 47.3 Å². The van der Waals surface area contributed by atoms with Gasteiger partial charge in [-0.25, -0.2) is 9.78 Å². The van der Waals surface area contributed by atoms with E-state index in [2.05, 4.69) is 16.3 Å². The van der Waals surface area contributed by atoms with Crippen LogP contribution in [0.3, 0.4) is 0 Å². The summed E-state index contributed by atoms with van der Waals surface area (Å²) in [6.07, 6.45) is 3.85. The van der Waals surface area contributed by atoms with Crippen LogP contribution in [0.2, 0.25) is 0 Å². The average molecular weight is 451 g/mol. The zero-order valence-electron chi connectivity index (χ0n) is 17.4. The van der Waals surface area contributed by atoms with Gasteiger partial charge in [-0.3, -0.25) is 9.48 Å². The van der Waals surface area contributed by atoms with Crippen molar-refractivity contribution in [2.45, 2.75) is 51.2 Å². The molecule has 2 aliphatic heterocycles. The van der Waals surface area contributed by atoms with Gasteiger partial charge < -0.3 is 15.3 Å². The Kier molecular flexibility index (Phi) is 6.07. The number of pyridine rings is 1. The normalized spacial score (nSPS) is 17.7. The Morgan fingerprint density at radius 1 is 1.09 bits per heavy atom. The maximum absolute atomic E-state index is 12.3. The lowest BCUT2D eigenvalue weighted by molar-refractivity contribution is -0.192. The molecule has 0 saturated carbocycles. The number of nitrogens with zero attached hydrogens (tertiary/aromatic N) is 4. The van der Waals surface area contributed by atoms with Gasteiger partial charge in [0, 0.05) is 37.0 Å². The number of aliphatic carboxylic acids is 1. The highest BCUT2D eigenvalue weighted by Gasteiger charge is 2.38. The summed E-state index contributed by atoms with van der Waals surface area (Å²) in [7, 11) is 0. The number of fused-ring (bicyclic) bond motifs is 5. The monoisotopic (exact) mass is 451 g/mol. The number of aromatic nitrogens is 3. The quantitative estimate of drug-likeness (QED) is 0.692. The SMILES string of the molecule is O=C(O)C(F)(F)F.O=C1NCCn2nc3c(c21)CCc1cnc(N2CCCCCC2)cc1-3. The molecule has 1 fully saturated rings. The number of nitrogens with one attached hydrogen (secondary N) is 1. The second-order valence-corrected chi connectivity index (χ2v) is 8.06. The Morgan fingerprint density at radius 3 is 2.44 bits per heavy atom. The highest BCUT2D eigenvalue weighted by Crippen LogP contribution is 2.36. The molecule has 0 radical (unpaired) electrons. The smallest absolute Gasteiger partial charge is 0.475 e. The molecule has 8 nitrogen and oxygen atoms in total. The lowest BCUT2D eigenvalue weighted by Crippen LogP contribution is -2.36. The molecule has 0 spiro atoms. The van der Waals surface area contributed by atoms with Crippen LogP contribution in [0.25, 0.3) is 11.3 Å². The largest absolute Gasteiger partial charge is 0.490 e. The number of anilines is 1. The molecule has 2 N–H and O–H groups in total. The predicted molar refractivity (Wildman–Crippen MR) is 110 cm³/mol. The van der Waals surface area contributed by atoms with E-state index < -0.39 is 12.1 Å². The van der Waals surface area contributed by atoms with Gasteiger partial charge in [0.2, 0.25) is 0 Å². The van der Waals surface area contributed by atoms with Crippen molar-refractivity contribution in [2.75, 3.05) is 24.5 Å². The van der Waals surface area contributed by atoms with Crippen molar-refractivity contribution in [1.29, 1.82) is 0 Å². The maximum atomic E-state index is 12.3. The van der Waals surface area contributed by atoms with Crippen LogP contribution in [0.4, 0.5) is 19.0 Å². The fraction of sp³-hybridized carbons (Fsp3) is 0.524. The highest BCUT2D eigenvalue weighted by molar-refractivity contribution is 5.97. The van der Waals surface area contributed by atoms with Gasteiger partial charge in [0.1, 0.15) is 11.5 Å². The molecule has 32 heavy (non-hydrogen) atoms. The minimum absolute atomic E-state index is 0.0187. The number of carboxylic acid groups (broad SMARTS) is 1. The molecule has 11 heteroatoms. The van der Waals surface area contributed by atoms with E-state index in [0.29, 0.717) is 6.54 Å². The third-order valence-electron chi connectivity index (χ3n) is 5.92. The van der Waals surface area contributed by atoms with Crippen molar-refractivity contribution in [1.82, 2.24) is 20.1 Å². The molecule has 0 atom stereocenters. The number of halogens is 3. The molecule has 5 rings (SSSR count). The molecule has 1 aliphatic carbocycles. The summed E-state index contributed by atoms with van der Waals surface area (Å²) in [6, 6.07) is 2.20. The number of hydrogen-bond acceptors (Lipinski definition) is 5. The Morgan fingerprint density at radius 2 is 1.78 bits per heavy atom. The molecule has 2 aromatic heterocycles. The summed E-state index contributed by atoms with van der Waals surface area (Å²) in [4.78, 5) is 28.3. The Labute approximate surface area is 182 Å². The van der Waals surface area contributed by atoms with Crippen LogP contribution in [0.5, 0.6) is 0 Å². The molecular weight excluding hydrogens is 427 g/mol. The average Bonchev–Trinajstić information content (AvgIpc) is 2.94. The first kappa shape index (κ1) is 22.1. The topological polar surface area (TPSA) is 100 Å². The van der Waals surface area contributed by atoms with E-state index in [1.165, 1.54) is 36.8 Å². The third kappa shape index (κ3) is 4.42. The second-order valence-electron chi connectivity index (χ2n) is 8.06. The van der Waals surface area contributed by atoms with Gasteiger partial charge in [-0.2, -0.15) is 18.3 Å². The molecule has 1 saturated heterocycles. The first-order chi connectivity index (χ1) is 15.3. The van der Waals surface area contributed by atoms with E-state index in [1.807, 2.05) is 10.9 Å². The van der Waals surface area contributed by atoms with Crippen molar-refractivity contribution in [3.63, 3.8) is 0 Å². The van der Waals surface area contributed by atoms with Crippen LogP contribution >= 0.6 is 0 Å². The van der Waals surface area contributed by atoms with Gasteiger partial charge in [0.05, 0.1) is 12.2 Å². The van der Waals surface area contributed by atoms with Crippen LogP contribution < -0.4 is 10.2 Å². The molecule has 2 aromatic rings. The molecule has 0 unspecified atom stereocenters. The molecule has 1 amide bonds. The van der Waals surface area contributed by atoms with Gasteiger partial charge in [-0.05, 0) is 37.3 Å². The van der Waals surface area contributed by atoms with Gasteiger partial charge in [-0.1, -0.05) is 12.8 Å². The van der Waals surface area contributed by atoms with E-state index >= 15 is 0 Å². The van der Waals surface area contributed by atoms with Crippen LogP contribution in [-0.2, 0) is 24.2 Å². The van der Waals surface area contributed by atoms with E-state index in [4.69, 9.17) is 20.0 Å². The minimum Gasteiger partial charge on any atom is -0.475 e. The van der Waals surface area contributed by atoms with Gasteiger partial charge in [0.25, 0.3) is 5.91 Å². The van der Waals surface area contributed by atoms with E-state index in [-0.39, 0.29) is 5.91 Å². The summed E-state index contributed by atoms with van der Waals surface area (Å²) < 4.78 is 33.6. The highest BCUT2D eigenvalue weighted by atomic mass is 19.4. The number of rotatable bonds is 1. The van der Waals surface area contributed by atoms with Gasteiger partial charge in [0.15, 0.2) is 0 Å². The van der Waals surface area contributed by atoms with E-state index in [1.54, 1.807) is 0 Å². The number of alkyl halides is 3. The lowest BCUT2D eigenvalue weighted by atomic mass is 9.90. The zero-order chi connectivity index (χ0) is 22.9. The predicted octanol–water partition coefficient (Wildman–Crippen LogP) is 2.80. The first-order valence-electron chi connectivity index (χ1n) is 10.7. The summed E-state index contributed by atoms with van der Waals surface area (Å²) in [5.41, 5.74) is 5.29. The van der Waals surface area contributed by atoms with E-state index in [0.717, 1.165) is 55.2 Å².